The van der Waals surface area contributed by atoms with Gasteiger partial charge in [0.2, 0.25) is 15.9 Å². The van der Waals surface area contributed by atoms with Crippen LogP contribution in [0.3, 0.4) is 0 Å². The van der Waals surface area contributed by atoms with Gasteiger partial charge in [-0.15, -0.1) is 11.3 Å². The van der Waals surface area contributed by atoms with Gasteiger partial charge in [0, 0.05) is 17.8 Å². The average Bonchev–Trinajstić information content (AvgIpc) is 3.50. The predicted molar refractivity (Wildman–Crippen MR) is 112 cm³/mol. The highest BCUT2D eigenvalue weighted by atomic mass is 32.2. The van der Waals surface area contributed by atoms with Crippen molar-refractivity contribution in [1.82, 2.24) is 4.72 Å². The monoisotopic (exact) mass is 444 g/mol. The van der Waals surface area contributed by atoms with Gasteiger partial charge in [0.25, 0.3) is 0 Å². The fourth-order valence-corrected chi connectivity index (χ4v) is 6.18. The lowest BCUT2D eigenvalue weighted by atomic mass is 9.99. The van der Waals surface area contributed by atoms with Crippen LogP contribution in [0.1, 0.15) is 28.2 Å². The number of nitrogens with one attached hydrogen (secondary N) is 1. The molecule has 0 fully saturated rings. The van der Waals surface area contributed by atoms with Gasteiger partial charge in [-0.05, 0) is 59.7 Å². The highest BCUT2D eigenvalue weighted by Crippen LogP contribution is 2.39. The number of rotatable bonds is 6. The number of hydrogen-bond acceptors (Lipinski definition) is 6. The molecule has 4 heterocycles. The lowest BCUT2D eigenvalue weighted by Crippen LogP contribution is -2.41. The Labute approximate surface area is 178 Å². The number of amides is 1. The first-order valence-electron chi connectivity index (χ1n) is 9.65. The van der Waals surface area contributed by atoms with Crippen LogP contribution < -0.4 is 9.62 Å². The molecular weight excluding hydrogens is 424 g/mol. The second-order valence-electron chi connectivity index (χ2n) is 7.52. The van der Waals surface area contributed by atoms with Crippen LogP contribution >= 0.6 is 11.3 Å². The molecule has 1 aromatic carbocycles. The third-order valence-electron chi connectivity index (χ3n) is 5.71. The van der Waals surface area contributed by atoms with Gasteiger partial charge in [0.05, 0.1) is 23.4 Å². The first kappa shape index (κ1) is 19.5. The lowest BCUT2D eigenvalue weighted by molar-refractivity contribution is -0.118. The maximum atomic E-state index is 13.1. The van der Waals surface area contributed by atoms with Crippen molar-refractivity contribution in [2.45, 2.75) is 29.8 Å². The van der Waals surface area contributed by atoms with E-state index in [0.717, 1.165) is 16.8 Å². The number of thiophene rings is 1. The van der Waals surface area contributed by atoms with Gasteiger partial charge in [0.15, 0.2) is 5.60 Å². The summed E-state index contributed by atoms with van der Waals surface area (Å²) in [6, 6.07) is 10.1. The summed E-state index contributed by atoms with van der Waals surface area (Å²) in [7, 11) is -3.89. The molecule has 5 rings (SSSR count). The number of anilines is 1. The Bertz CT molecular complexity index is 1170. The summed E-state index contributed by atoms with van der Waals surface area (Å²) in [5.74, 6) is 0.361. The first-order valence-corrected chi connectivity index (χ1v) is 12.0. The van der Waals surface area contributed by atoms with Crippen molar-refractivity contribution in [1.29, 1.82) is 0 Å². The molecule has 0 saturated heterocycles. The molecule has 0 spiro atoms. The van der Waals surface area contributed by atoms with E-state index in [9.17, 15) is 18.3 Å². The molecule has 156 valence electrons. The molecule has 9 heteroatoms. The molecule has 1 unspecified atom stereocenters. The summed E-state index contributed by atoms with van der Waals surface area (Å²) >= 11 is 1.32. The van der Waals surface area contributed by atoms with Gasteiger partial charge in [-0.25, -0.2) is 13.1 Å². The molecule has 30 heavy (non-hydrogen) atoms. The van der Waals surface area contributed by atoms with Gasteiger partial charge in [-0.2, -0.15) is 0 Å². The zero-order chi connectivity index (χ0) is 20.9. The highest BCUT2D eigenvalue weighted by Gasteiger charge is 2.38. The van der Waals surface area contributed by atoms with E-state index in [4.69, 9.17) is 4.42 Å². The van der Waals surface area contributed by atoms with E-state index in [-0.39, 0.29) is 23.1 Å². The van der Waals surface area contributed by atoms with Crippen LogP contribution in [0.5, 0.6) is 0 Å². The van der Waals surface area contributed by atoms with Crippen molar-refractivity contribution in [2.75, 3.05) is 18.0 Å². The van der Waals surface area contributed by atoms with Crippen molar-refractivity contribution in [3.8, 4) is 0 Å². The van der Waals surface area contributed by atoms with Crippen LogP contribution in [0.25, 0.3) is 0 Å². The molecule has 1 atom stereocenters. The Morgan fingerprint density at radius 2 is 1.97 bits per heavy atom. The van der Waals surface area contributed by atoms with E-state index in [1.165, 1.54) is 17.6 Å². The highest BCUT2D eigenvalue weighted by molar-refractivity contribution is 7.89. The van der Waals surface area contributed by atoms with Gasteiger partial charge in [-0.3, -0.25) is 4.79 Å². The molecule has 2 N–H and O–H groups in total. The number of nitrogens with zero attached hydrogens (tertiary/aromatic N) is 1. The fourth-order valence-electron chi connectivity index (χ4n) is 4.19. The van der Waals surface area contributed by atoms with Gasteiger partial charge in [0.1, 0.15) is 5.76 Å². The number of sulfonamides is 1. The summed E-state index contributed by atoms with van der Waals surface area (Å²) in [4.78, 5) is 14.6. The predicted octanol–water partition coefficient (Wildman–Crippen LogP) is 2.39. The molecule has 2 aliphatic heterocycles. The van der Waals surface area contributed by atoms with Crippen molar-refractivity contribution in [2.24, 2.45) is 0 Å². The number of hydrogen-bond donors (Lipinski definition) is 2. The Hall–Kier alpha value is -2.46. The molecule has 7 nitrogen and oxygen atoms in total. The third kappa shape index (κ3) is 3.09. The fraction of sp³-hybridized carbons (Fsp3) is 0.286. The summed E-state index contributed by atoms with van der Waals surface area (Å²) < 4.78 is 34.2. The molecule has 2 aromatic heterocycles. The van der Waals surface area contributed by atoms with Crippen LogP contribution in [-0.2, 0) is 33.3 Å². The van der Waals surface area contributed by atoms with Gasteiger partial charge < -0.3 is 14.4 Å². The maximum Gasteiger partial charge on any atom is 0.240 e. The molecule has 0 saturated carbocycles. The summed E-state index contributed by atoms with van der Waals surface area (Å²) in [6.07, 6.45) is 3.01. The van der Waals surface area contributed by atoms with E-state index in [0.29, 0.717) is 30.7 Å². The van der Waals surface area contributed by atoms with E-state index in [2.05, 4.69) is 4.72 Å². The summed E-state index contributed by atoms with van der Waals surface area (Å²) in [5.41, 5.74) is 1.01. The van der Waals surface area contributed by atoms with Crippen molar-refractivity contribution in [3.05, 3.63) is 69.8 Å². The Morgan fingerprint density at radius 3 is 2.67 bits per heavy atom. The van der Waals surface area contributed by atoms with Crippen LogP contribution in [0, 0.1) is 0 Å². The number of aryl methyl sites for hydroxylation is 1. The molecule has 0 bridgehead atoms. The number of carbonyl (C=O) groups is 1. The Balaban J connectivity index is 1.46. The number of carbonyl (C=O) groups excluding carboxylic acids is 1. The standard InChI is InChI=1S/C21H20N2O5S2/c24-19-6-5-14-11-16(12-15-7-8-23(19)20(14)15)30(26,27)22-13-21(25,17-3-1-9-28-17)18-4-2-10-29-18/h1-4,9-12,22,25H,5-8,13H2. The SMILES string of the molecule is O=C1CCc2cc(S(=O)(=O)NCC(O)(c3ccco3)c3cccs3)cc3c2N1CC3. The number of furan rings is 1. The molecule has 3 aromatic rings. The maximum absolute atomic E-state index is 13.1. The zero-order valence-electron chi connectivity index (χ0n) is 16.0. The van der Waals surface area contributed by atoms with Gasteiger partial charge in [-0.1, -0.05) is 6.07 Å². The molecule has 0 radical (unpaired) electrons. The lowest BCUT2D eigenvalue weighted by Gasteiger charge is -2.27. The summed E-state index contributed by atoms with van der Waals surface area (Å²) in [6.45, 7) is 0.328. The zero-order valence-corrected chi connectivity index (χ0v) is 17.6. The smallest absolute Gasteiger partial charge is 0.240 e. The minimum absolute atomic E-state index is 0.0921. The van der Waals surface area contributed by atoms with Crippen LogP contribution in [-0.4, -0.2) is 32.5 Å². The minimum Gasteiger partial charge on any atom is -0.466 e. The molecule has 2 aliphatic rings. The van der Waals surface area contributed by atoms with Crippen molar-refractivity contribution < 1.29 is 22.7 Å². The third-order valence-corrected chi connectivity index (χ3v) is 8.11. The van der Waals surface area contributed by atoms with Crippen LogP contribution in [0.15, 0.2) is 57.4 Å². The average molecular weight is 445 g/mol. The topological polar surface area (TPSA) is 99.8 Å². The largest absolute Gasteiger partial charge is 0.466 e. The second kappa shape index (κ2) is 7.05. The first-order chi connectivity index (χ1) is 14.4. The van der Waals surface area contributed by atoms with Gasteiger partial charge >= 0.3 is 0 Å². The molecular formula is C21H20N2O5S2. The van der Waals surface area contributed by atoms with Crippen LogP contribution in [0.4, 0.5) is 5.69 Å². The Kier molecular flexibility index (Phi) is 4.59. The van der Waals surface area contributed by atoms with Crippen LogP contribution in [0.2, 0.25) is 0 Å². The summed E-state index contributed by atoms with van der Waals surface area (Å²) in [5, 5.41) is 13.1. The number of aliphatic hydroxyl groups is 1. The van der Waals surface area contributed by atoms with E-state index >= 15 is 0 Å². The normalized spacial score (nSPS) is 17.8. The Morgan fingerprint density at radius 1 is 1.17 bits per heavy atom. The minimum atomic E-state index is -3.89. The van der Waals surface area contributed by atoms with Crippen molar-refractivity contribution >= 4 is 33.0 Å². The molecule has 0 aliphatic carbocycles. The van der Waals surface area contributed by atoms with E-state index in [1.807, 2.05) is 5.38 Å². The second-order valence-corrected chi connectivity index (χ2v) is 10.2. The quantitative estimate of drug-likeness (QED) is 0.608. The molecule has 1 amide bonds. The van der Waals surface area contributed by atoms with Crippen molar-refractivity contribution in [3.63, 3.8) is 0 Å². The van der Waals surface area contributed by atoms with E-state index in [1.54, 1.807) is 41.3 Å². The number of benzene rings is 1. The van der Waals surface area contributed by atoms with E-state index < -0.39 is 15.6 Å².